The molecule has 0 bridgehead atoms. The van der Waals surface area contributed by atoms with Crippen LogP contribution in [0.4, 0.5) is 0 Å². The van der Waals surface area contributed by atoms with E-state index in [1.165, 1.54) is 0 Å². The maximum absolute atomic E-state index is 11.6. The fraction of sp³-hybridized carbons (Fsp3) is 0.500. The summed E-state index contributed by atoms with van der Waals surface area (Å²) < 4.78 is 5.73. The molecule has 0 spiro atoms. The van der Waals surface area contributed by atoms with Crippen LogP contribution in [0.3, 0.4) is 0 Å². The highest BCUT2D eigenvalue weighted by Gasteiger charge is 2.16. The molecule has 1 aliphatic heterocycles. The van der Waals surface area contributed by atoms with Crippen molar-refractivity contribution in [3.05, 3.63) is 22.6 Å². The van der Waals surface area contributed by atoms with Crippen LogP contribution in [0.15, 0.2) is 21.2 Å². The molecule has 6 heteroatoms. The van der Waals surface area contributed by atoms with Gasteiger partial charge in [0.25, 0.3) is 5.91 Å². The van der Waals surface area contributed by atoms with Gasteiger partial charge >= 0.3 is 0 Å². The van der Waals surface area contributed by atoms with Crippen LogP contribution in [0.2, 0.25) is 0 Å². The van der Waals surface area contributed by atoms with Crippen LogP contribution < -0.4 is 10.6 Å². The molecule has 90 valence electrons. The van der Waals surface area contributed by atoms with E-state index in [2.05, 4.69) is 26.6 Å². The summed E-state index contributed by atoms with van der Waals surface area (Å²) in [6.07, 6.45) is 1.13. The number of amides is 1. The van der Waals surface area contributed by atoms with E-state index in [9.17, 15) is 4.79 Å². The van der Waals surface area contributed by atoms with Crippen LogP contribution >= 0.6 is 28.3 Å². The van der Waals surface area contributed by atoms with Crippen molar-refractivity contribution in [3.8, 4) is 0 Å². The predicted octanol–water partition coefficient (Wildman–Crippen LogP) is 1.80. The summed E-state index contributed by atoms with van der Waals surface area (Å²) >= 11 is 3.16. The van der Waals surface area contributed by atoms with E-state index in [1.807, 2.05) is 0 Å². The maximum Gasteiger partial charge on any atom is 0.287 e. The van der Waals surface area contributed by atoms with Crippen LogP contribution in [0, 0.1) is 5.92 Å². The zero-order valence-electron chi connectivity index (χ0n) is 8.66. The maximum atomic E-state index is 11.6. The van der Waals surface area contributed by atoms with E-state index in [0.29, 0.717) is 22.9 Å². The molecule has 0 aromatic carbocycles. The molecule has 1 aliphatic rings. The van der Waals surface area contributed by atoms with Crippen LogP contribution in [0.1, 0.15) is 17.0 Å². The van der Waals surface area contributed by atoms with Crippen molar-refractivity contribution in [2.45, 2.75) is 6.42 Å². The van der Waals surface area contributed by atoms with Crippen LogP contribution in [0.5, 0.6) is 0 Å². The van der Waals surface area contributed by atoms with Gasteiger partial charge in [-0.15, -0.1) is 12.4 Å². The van der Waals surface area contributed by atoms with E-state index in [-0.39, 0.29) is 18.3 Å². The largest absolute Gasteiger partial charge is 0.444 e. The molecule has 1 amide bonds. The molecule has 4 nitrogen and oxygen atoms in total. The number of hydrogen-bond donors (Lipinski definition) is 2. The Balaban J connectivity index is 0.00000128. The van der Waals surface area contributed by atoms with Gasteiger partial charge in [0.2, 0.25) is 0 Å². The van der Waals surface area contributed by atoms with Crippen molar-refractivity contribution in [1.82, 2.24) is 10.6 Å². The van der Waals surface area contributed by atoms with Gasteiger partial charge in [-0.3, -0.25) is 4.79 Å². The van der Waals surface area contributed by atoms with Gasteiger partial charge < -0.3 is 15.1 Å². The van der Waals surface area contributed by atoms with E-state index in [0.717, 1.165) is 19.5 Å². The molecule has 1 fully saturated rings. The molecule has 1 atom stereocenters. The van der Waals surface area contributed by atoms with Crippen LogP contribution in [-0.4, -0.2) is 25.5 Å². The van der Waals surface area contributed by atoms with E-state index >= 15 is 0 Å². The molecule has 2 heterocycles. The van der Waals surface area contributed by atoms with Crippen LogP contribution in [-0.2, 0) is 0 Å². The first kappa shape index (κ1) is 13.5. The second kappa shape index (κ2) is 6.27. The average molecular weight is 310 g/mol. The highest BCUT2D eigenvalue weighted by atomic mass is 79.9. The molecule has 1 aromatic rings. The van der Waals surface area contributed by atoms with Gasteiger partial charge in [0.15, 0.2) is 10.4 Å². The molecule has 1 aromatic heterocycles. The molecule has 0 saturated carbocycles. The topological polar surface area (TPSA) is 54.3 Å². The Labute approximate surface area is 109 Å². The van der Waals surface area contributed by atoms with E-state index < -0.39 is 0 Å². The first-order chi connectivity index (χ1) is 7.25. The standard InChI is InChI=1S/C10H13BrN2O2.ClH/c11-9-2-1-8(15-9)10(14)13-6-7-3-4-12-5-7;/h1-2,7,12H,3-6H2,(H,13,14);1H. The lowest BCUT2D eigenvalue weighted by Gasteiger charge is -2.08. The highest BCUT2D eigenvalue weighted by Crippen LogP contribution is 2.14. The number of halogens is 2. The molecular formula is C10H14BrClN2O2. The number of furan rings is 1. The van der Waals surface area contributed by atoms with Gasteiger partial charge in [-0.05, 0) is 53.5 Å². The van der Waals surface area contributed by atoms with Crippen LogP contribution in [0.25, 0.3) is 0 Å². The Morgan fingerprint density at radius 1 is 1.62 bits per heavy atom. The summed E-state index contributed by atoms with van der Waals surface area (Å²) in [7, 11) is 0. The number of rotatable bonds is 3. The zero-order valence-corrected chi connectivity index (χ0v) is 11.1. The summed E-state index contributed by atoms with van der Waals surface area (Å²) in [6.45, 7) is 2.75. The van der Waals surface area contributed by atoms with Crippen molar-refractivity contribution in [2.24, 2.45) is 5.92 Å². The number of hydrogen-bond acceptors (Lipinski definition) is 3. The normalized spacial score (nSPS) is 19.2. The van der Waals surface area contributed by atoms with Gasteiger partial charge in [-0.2, -0.15) is 0 Å². The van der Waals surface area contributed by atoms with Crippen molar-refractivity contribution >= 4 is 34.2 Å². The number of carbonyl (C=O) groups excluding carboxylic acids is 1. The Morgan fingerprint density at radius 2 is 2.44 bits per heavy atom. The Morgan fingerprint density at radius 3 is 3.00 bits per heavy atom. The second-order valence-corrected chi connectivity index (χ2v) is 4.45. The zero-order chi connectivity index (χ0) is 10.7. The van der Waals surface area contributed by atoms with Crippen molar-refractivity contribution in [2.75, 3.05) is 19.6 Å². The van der Waals surface area contributed by atoms with Gasteiger partial charge in [-0.1, -0.05) is 0 Å². The lowest BCUT2D eigenvalue weighted by molar-refractivity contribution is 0.0919. The number of carbonyl (C=O) groups is 1. The monoisotopic (exact) mass is 308 g/mol. The average Bonchev–Trinajstić information content (AvgIpc) is 2.84. The summed E-state index contributed by atoms with van der Waals surface area (Å²) in [5, 5.41) is 6.12. The molecule has 2 rings (SSSR count). The third kappa shape index (κ3) is 3.50. The fourth-order valence-electron chi connectivity index (χ4n) is 1.65. The van der Waals surface area contributed by atoms with Crippen molar-refractivity contribution in [1.29, 1.82) is 0 Å². The Hall–Kier alpha value is -0.520. The second-order valence-electron chi connectivity index (χ2n) is 3.67. The first-order valence-electron chi connectivity index (χ1n) is 5.00. The van der Waals surface area contributed by atoms with Gasteiger partial charge in [-0.25, -0.2) is 0 Å². The van der Waals surface area contributed by atoms with E-state index in [4.69, 9.17) is 4.42 Å². The minimum Gasteiger partial charge on any atom is -0.444 e. The van der Waals surface area contributed by atoms with Gasteiger partial charge in [0.05, 0.1) is 0 Å². The molecule has 1 saturated heterocycles. The molecule has 16 heavy (non-hydrogen) atoms. The molecule has 2 N–H and O–H groups in total. The summed E-state index contributed by atoms with van der Waals surface area (Å²) in [5.74, 6) is 0.757. The molecule has 0 radical (unpaired) electrons. The predicted molar refractivity (Wildman–Crippen MR) is 67.0 cm³/mol. The van der Waals surface area contributed by atoms with Crippen molar-refractivity contribution in [3.63, 3.8) is 0 Å². The summed E-state index contributed by atoms with van der Waals surface area (Å²) in [5.41, 5.74) is 0. The lowest BCUT2D eigenvalue weighted by Crippen LogP contribution is -2.29. The lowest BCUT2D eigenvalue weighted by atomic mass is 10.1. The minimum absolute atomic E-state index is 0. The third-order valence-corrected chi connectivity index (χ3v) is 2.94. The SMILES string of the molecule is Cl.O=C(NCC1CCNC1)c1ccc(Br)o1. The highest BCUT2D eigenvalue weighted by molar-refractivity contribution is 9.10. The van der Waals surface area contributed by atoms with Crippen molar-refractivity contribution < 1.29 is 9.21 Å². The smallest absolute Gasteiger partial charge is 0.287 e. The van der Waals surface area contributed by atoms with Gasteiger partial charge in [0, 0.05) is 6.54 Å². The fourth-order valence-corrected chi connectivity index (χ4v) is 1.96. The summed E-state index contributed by atoms with van der Waals surface area (Å²) in [4.78, 5) is 11.6. The third-order valence-electron chi connectivity index (χ3n) is 2.51. The first-order valence-corrected chi connectivity index (χ1v) is 5.79. The number of nitrogens with one attached hydrogen (secondary N) is 2. The Bertz CT molecular complexity index is 350. The van der Waals surface area contributed by atoms with Gasteiger partial charge in [0.1, 0.15) is 0 Å². The summed E-state index contributed by atoms with van der Waals surface area (Å²) in [6, 6.07) is 3.37. The molecule has 1 unspecified atom stereocenters. The van der Waals surface area contributed by atoms with E-state index in [1.54, 1.807) is 12.1 Å². The quantitative estimate of drug-likeness (QED) is 0.895. The minimum atomic E-state index is -0.146. The molecule has 0 aliphatic carbocycles. The Kier molecular flexibility index (Phi) is 5.31. The molecular weight excluding hydrogens is 295 g/mol.